The van der Waals surface area contributed by atoms with Crippen LogP contribution in [0.3, 0.4) is 0 Å². The predicted octanol–water partition coefficient (Wildman–Crippen LogP) is 2.66. The zero-order valence-electron chi connectivity index (χ0n) is 18.5. The highest BCUT2D eigenvalue weighted by molar-refractivity contribution is 7.91. The van der Waals surface area contributed by atoms with Crippen molar-refractivity contribution in [2.75, 3.05) is 42.6 Å². The molecule has 0 spiro atoms. The number of hydrogen-bond donors (Lipinski definition) is 0. The Morgan fingerprint density at radius 3 is 2.42 bits per heavy atom. The minimum Gasteiger partial charge on any atom is -0.352 e. The van der Waals surface area contributed by atoms with Crippen LogP contribution < -0.4 is 4.90 Å². The second kappa shape index (κ2) is 11.0. The summed E-state index contributed by atoms with van der Waals surface area (Å²) in [6, 6.07) is 6.32. The van der Waals surface area contributed by atoms with Gasteiger partial charge < -0.3 is 4.90 Å². The number of rotatable bonds is 8. The number of anilines is 1. The number of aryl methyl sites for hydroxylation is 1. The SMILES string of the molecule is CCS(=O)(=O)CCn1cc(CN2CCN(c3nccnc3-c3ccc(F)cc3)CC2)cn1.Cl. The maximum atomic E-state index is 13.3. The highest BCUT2D eigenvalue weighted by Crippen LogP contribution is 2.27. The molecule has 0 atom stereocenters. The van der Waals surface area contributed by atoms with E-state index in [1.165, 1.54) is 12.1 Å². The van der Waals surface area contributed by atoms with Crippen LogP contribution in [0.25, 0.3) is 11.3 Å². The summed E-state index contributed by atoms with van der Waals surface area (Å²) in [5.74, 6) is 0.796. The van der Waals surface area contributed by atoms with Gasteiger partial charge in [-0.2, -0.15) is 5.10 Å². The molecule has 3 heterocycles. The van der Waals surface area contributed by atoms with E-state index in [1.807, 2.05) is 6.20 Å². The normalized spacial score (nSPS) is 14.8. The van der Waals surface area contributed by atoms with Crippen LogP contribution in [-0.4, -0.2) is 70.8 Å². The molecule has 3 aromatic rings. The summed E-state index contributed by atoms with van der Waals surface area (Å²) < 4.78 is 38.4. The predicted molar refractivity (Wildman–Crippen MR) is 129 cm³/mol. The average molecular weight is 495 g/mol. The van der Waals surface area contributed by atoms with Crippen LogP contribution in [0.2, 0.25) is 0 Å². The first-order valence-corrected chi connectivity index (χ1v) is 12.5. The molecule has 1 saturated heterocycles. The molecular weight excluding hydrogens is 467 g/mol. The fourth-order valence-electron chi connectivity index (χ4n) is 3.74. The van der Waals surface area contributed by atoms with E-state index >= 15 is 0 Å². The fourth-order valence-corrected chi connectivity index (χ4v) is 4.49. The number of hydrogen-bond acceptors (Lipinski definition) is 7. The van der Waals surface area contributed by atoms with Crippen molar-refractivity contribution in [2.45, 2.75) is 20.0 Å². The third-order valence-corrected chi connectivity index (χ3v) is 7.32. The Morgan fingerprint density at radius 2 is 1.73 bits per heavy atom. The molecule has 2 aromatic heterocycles. The van der Waals surface area contributed by atoms with Crippen LogP contribution in [0, 0.1) is 5.82 Å². The van der Waals surface area contributed by atoms with Crippen LogP contribution in [0.5, 0.6) is 0 Å². The van der Waals surface area contributed by atoms with Crippen molar-refractivity contribution in [3.8, 4) is 11.3 Å². The topological polar surface area (TPSA) is 84.2 Å². The van der Waals surface area contributed by atoms with Crippen LogP contribution in [0.15, 0.2) is 49.1 Å². The van der Waals surface area contributed by atoms with Crippen molar-refractivity contribution in [3.63, 3.8) is 0 Å². The standard InChI is InChI=1S/C22H27FN6O2S.ClH/c1-2-32(30,31)14-13-29-17-18(15-26-29)16-27-9-11-28(12-10-27)22-21(24-7-8-25-22)19-3-5-20(23)6-4-19;/h3-8,15,17H,2,9-14,16H2,1H3;1H. The minimum atomic E-state index is -3.00. The third-order valence-electron chi connectivity index (χ3n) is 5.63. The Kier molecular flexibility index (Phi) is 8.39. The van der Waals surface area contributed by atoms with Gasteiger partial charge in [-0.25, -0.2) is 17.8 Å². The molecule has 1 aliphatic heterocycles. The zero-order valence-corrected chi connectivity index (χ0v) is 20.1. The molecule has 1 aliphatic rings. The maximum Gasteiger partial charge on any atom is 0.155 e. The first-order chi connectivity index (χ1) is 15.4. The molecule has 4 rings (SSSR count). The number of halogens is 2. The molecule has 0 amide bonds. The molecule has 0 aliphatic carbocycles. The van der Waals surface area contributed by atoms with E-state index in [4.69, 9.17) is 0 Å². The van der Waals surface area contributed by atoms with E-state index in [1.54, 1.807) is 42.3 Å². The second-order valence-corrected chi connectivity index (χ2v) is 10.3. The van der Waals surface area contributed by atoms with E-state index in [9.17, 15) is 12.8 Å². The Hall–Kier alpha value is -2.56. The molecule has 178 valence electrons. The molecule has 0 radical (unpaired) electrons. The summed E-state index contributed by atoms with van der Waals surface area (Å²) in [6.45, 7) is 6.12. The lowest BCUT2D eigenvalue weighted by molar-refractivity contribution is 0.249. The quantitative estimate of drug-likeness (QED) is 0.476. The van der Waals surface area contributed by atoms with Gasteiger partial charge >= 0.3 is 0 Å². The third kappa shape index (κ3) is 6.49. The van der Waals surface area contributed by atoms with Crippen LogP contribution in [0.1, 0.15) is 12.5 Å². The van der Waals surface area contributed by atoms with Crippen molar-refractivity contribution in [1.29, 1.82) is 0 Å². The van der Waals surface area contributed by atoms with Gasteiger partial charge in [0, 0.05) is 68.2 Å². The van der Waals surface area contributed by atoms with Gasteiger partial charge in [0.05, 0.1) is 18.5 Å². The molecule has 8 nitrogen and oxygen atoms in total. The van der Waals surface area contributed by atoms with E-state index < -0.39 is 9.84 Å². The van der Waals surface area contributed by atoms with Crippen molar-refractivity contribution in [3.05, 3.63) is 60.4 Å². The van der Waals surface area contributed by atoms with Gasteiger partial charge in [0.2, 0.25) is 0 Å². The highest BCUT2D eigenvalue weighted by atomic mass is 35.5. The van der Waals surface area contributed by atoms with Gasteiger partial charge in [-0.1, -0.05) is 6.92 Å². The van der Waals surface area contributed by atoms with Crippen molar-refractivity contribution < 1.29 is 12.8 Å². The molecule has 0 bridgehead atoms. The molecule has 11 heteroatoms. The van der Waals surface area contributed by atoms with Gasteiger partial charge in [0.15, 0.2) is 15.7 Å². The smallest absolute Gasteiger partial charge is 0.155 e. The second-order valence-electron chi connectivity index (χ2n) is 7.85. The molecule has 1 fully saturated rings. The maximum absolute atomic E-state index is 13.3. The Morgan fingerprint density at radius 1 is 1.03 bits per heavy atom. The number of benzene rings is 1. The van der Waals surface area contributed by atoms with Gasteiger partial charge in [-0.3, -0.25) is 14.6 Å². The molecule has 0 saturated carbocycles. The van der Waals surface area contributed by atoms with Gasteiger partial charge in [0.25, 0.3) is 0 Å². The lowest BCUT2D eigenvalue weighted by Crippen LogP contribution is -2.46. The number of aromatic nitrogens is 4. The van der Waals surface area contributed by atoms with Crippen molar-refractivity contribution >= 4 is 28.1 Å². The monoisotopic (exact) mass is 494 g/mol. The average Bonchev–Trinajstić information content (AvgIpc) is 3.26. The van der Waals surface area contributed by atoms with Crippen LogP contribution in [0.4, 0.5) is 10.2 Å². The molecule has 0 N–H and O–H groups in total. The van der Waals surface area contributed by atoms with E-state index in [-0.39, 0.29) is 29.7 Å². The van der Waals surface area contributed by atoms with Gasteiger partial charge in [0.1, 0.15) is 11.5 Å². The minimum absolute atomic E-state index is 0. The van der Waals surface area contributed by atoms with Gasteiger partial charge in [-0.15, -0.1) is 12.4 Å². The first kappa shape index (κ1) is 25.1. The molecule has 33 heavy (non-hydrogen) atoms. The molecular formula is C22H28ClFN6O2S. The molecule has 1 aromatic carbocycles. The van der Waals surface area contributed by atoms with Crippen LogP contribution >= 0.6 is 12.4 Å². The number of nitrogens with zero attached hydrogens (tertiary/aromatic N) is 6. The summed E-state index contributed by atoms with van der Waals surface area (Å²) in [5.41, 5.74) is 2.66. The number of piperazine rings is 1. The fraction of sp³-hybridized carbons (Fsp3) is 0.409. The molecule has 0 unspecified atom stereocenters. The van der Waals surface area contributed by atoms with Crippen molar-refractivity contribution in [2.24, 2.45) is 0 Å². The Balaban J connectivity index is 0.00000306. The summed E-state index contributed by atoms with van der Waals surface area (Å²) in [4.78, 5) is 13.6. The van der Waals surface area contributed by atoms with E-state index in [0.717, 1.165) is 55.4 Å². The summed E-state index contributed by atoms with van der Waals surface area (Å²) >= 11 is 0. The van der Waals surface area contributed by atoms with Crippen LogP contribution in [-0.2, 0) is 22.9 Å². The van der Waals surface area contributed by atoms with E-state index in [2.05, 4.69) is 24.9 Å². The van der Waals surface area contributed by atoms with Crippen molar-refractivity contribution in [1.82, 2.24) is 24.6 Å². The lowest BCUT2D eigenvalue weighted by atomic mass is 10.1. The number of sulfone groups is 1. The Labute approximate surface area is 199 Å². The highest BCUT2D eigenvalue weighted by Gasteiger charge is 2.22. The zero-order chi connectivity index (χ0) is 22.6. The lowest BCUT2D eigenvalue weighted by Gasteiger charge is -2.35. The van der Waals surface area contributed by atoms with Gasteiger partial charge in [-0.05, 0) is 24.3 Å². The first-order valence-electron chi connectivity index (χ1n) is 10.7. The summed E-state index contributed by atoms with van der Waals surface area (Å²) in [6.07, 6.45) is 7.07. The summed E-state index contributed by atoms with van der Waals surface area (Å²) in [7, 11) is -3.00. The summed E-state index contributed by atoms with van der Waals surface area (Å²) in [5, 5.41) is 4.30. The Bertz CT molecular complexity index is 1150. The largest absolute Gasteiger partial charge is 0.352 e. The van der Waals surface area contributed by atoms with E-state index in [0.29, 0.717) is 6.54 Å².